The van der Waals surface area contributed by atoms with E-state index in [0.29, 0.717) is 12.5 Å². The van der Waals surface area contributed by atoms with E-state index in [4.69, 9.17) is 10.5 Å². The Morgan fingerprint density at radius 1 is 1.47 bits per heavy atom. The molecule has 0 aliphatic heterocycles. The lowest BCUT2D eigenvalue weighted by molar-refractivity contribution is 0.411. The average molecular weight is 203 g/mol. The topological polar surface area (TPSA) is 35.2 Å². The maximum absolute atomic E-state index is 5.71. The van der Waals surface area contributed by atoms with Crippen LogP contribution in [0.4, 0.5) is 0 Å². The van der Waals surface area contributed by atoms with Gasteiger partial charge in [-0.1, -0.05) is 25.1 Å². The minimum Gasteiger partial charge on any atom is -0.496 e. The largest absolute Gasteiger partial charge is 0.496 e. The molecular formula is C13H17NO. The highest BCUT2D eigenvalue weighted by atomic mass is 16.5. The molecule has 1 unspecified atom stereocenters. The molecule has 0 saturated heterocycles. The summed E-state index contributed by atoms with van der Waals surface area (Å²) in [6.45, 7) is 2.86. The Morgan fingerprint density at radius 2 is 2.27 bits per heavy atom. The summed E-state index contributed by atoms with van der Waals surface area (Å²) in [4.78, 5) is 0. The fourth-order valence-electron chi connectivity index (χ4n) is 2.15. The van der Waals surface area contributed by atoms with Gasteiger partial charge in [0, 0.05) is 5.56 Å². The fourth-order valence-corrected chi connectivity index (χ4v) is 2.15. The van der Waals surface area contributed by atoms with Crippen molar-refractivity contribution in [1.82, 2.24) is 0 Å². The number of fused-ring (bicyclic) bond motifs is 1. The number of nitrogens with two attached hydrogens (primary N) is 1. The summed E-state index contributed by atoms with van der Waals surface area (Å²) < 4.78 is 5.35. The second-order valence-corrected chi connectivity index (χ2v) is 3.99. The molecule has 2 heteroatoms. The van der Waals surface area contributed by atoms with Gasteiger partial charge in [0.15, 0.2) is 0 Å². The van der Waals surface area contributed by atoms with E-state index in [2.05, 4.69) is 19.1 Å². The Bertz CT molecular complexity index is 396. The Balaban J connectivity index is 2.40. The van der Waals surface area contributed by atoms with E-state index >= 15 is 0 Å². The van der Waals surface area contributed by atoms with Gasteiger partial charge in [0.25, 0.3) is 0 Å². The van der Waals surface area contributed by atoms with Gasteiger partial charge in [-0.15, -0.1) is 0 Å². The van der Waals surface area contributed by atoms with Crippen LogP contribution in [-0.4, -0.2) is 13.7 Å². The minimum absolute atomic E-state index is 0.429. The summed E-state index contributed by atoms with van der Waals surface area (Å²) in [6, 6.07) is 6.21. The predicted octanol–water partition coefficient (Wildman–Crippen LogP) is 2.23. The van der Waals surface area contributed by atoms with Gasteiger partial charge in [-0.2, -0.15) is 0 Å². The van der Waals surface area contributed by atoms with E-state index in [1.165, 1.54) is 16.7 Å². The van der Waals surface area contributed by atoms with Crippen molar-refractivity contribution in [3.05, 3.63) is 35.4 Å². The van der Waals surface area contributed by atoms with Crippen molar-refractivity contribution in [2.75, 3.05) is 13.7 Å². The fraction of sp³-hybridized carbons (Fsp3) is 0.385. The van der Waals surface area contributed by atoms with Gasteiger partial charge in [-0.25, -0.2) is 0 Å². The van der Waals surface area contributed by atoms with Crippen molar-refractivity contribution in [3.8, 4) is 5.75 Å². The molecule has 1 aliphatic rings. The summed E-state index contributed by atoms with van der Waals surface area (Å²) >= 11 is 0. The number of allylic oxidation sites excluding steroid dienone is 1. The molecule has 0 heterocycles. The van der Waals surface area contributed by atoms with E-state index in [-0.39, 0.29) is 0 Å². The standard InChI is InChI=1S/C13H17NO/c1-9(8-14)10-6-7-12-11(10)4-3-5-13(12)15-2/h3-6,9H,7-8,14H2,1-2H3. The maximum atomic E-state index is 5.71. The van der Waals surface area contributed by atoms with Crippen LogP contribution in [0.5, 0.6) is 5.75 Å². The molecule has 2 rings (SSSR count). The average Bonchev–Trinajstić information content (AvgIpc) is 2.71. The van der Waals surface area contributed by atoms with Crippen LogP contribution in [0.15, 0.2) is 24.3 Å². The van der Waals surface area contributed by atoms with E-state index in [1.807, 2.05) is 12.1 Å². The Labute approximate surface area is 90.7 Å². The molecule has 0 aromatic heterocycles. The summed E-state index contributed by atoms with van der Waals surface area (Å²) in [6.07, 6.45) is 3.24. The molecule has 0 amide bonds. The maximum Gasteiger partial charge on any atom is 0.122 e. The first kappa shape index (κ1) is 10.2. The number of hydrogen-bond acceptors (Lipinski definition) is 2. The first-order valence-corrected chi connectivity index (χ1v) is 5.34. The van der Waals surface area contributed by atoms with Gasteiger partial charge < -0.3 is 10.5 Å². The van der Waals surface area contributed by atoms with Crippen LogP contribution in [0, 0.1) is 5.92 Å². The highest BCUT2D eigenvalue weighted by Crippen LogP contribution is 2.37. The lowest BCUT2D eigenvalue weighted by Gasteiger charge is -2.13. The van der Waals surface area contributed by atoms with Crippen molar-refractivity contribution >= 4 is 5.57 Å². The second kappa shape index (κ2) is 4.07. The normalized spacial score (nSPS) is 15.8. The highest BCUT2D eigenvalue weighted by Gasteiger charge is 2.20. The highest BCUT2D eigenvalue weighted by molar-refractivity contribution is 5.76. The Morgan fingerprint density at radius 3 is 2.93 bits per heavy atom. The zero-order valence-electron chi connectivity index (χ0n) is 9.29. The zero-order chi connectivity index (χ0) is 10.8. The summed E-state index contributed by atoms with van der Waals surface area (Å²) in [5.74, 6) is 1.42. The molecule has 0 saturated carbocycles. The number of hydrogen-bond donors (Lipinski definition) is 1. The first-order valence-electron chi connectivity index (χ1n) is 5.34. The molecule has 1 aliphatic carbocycles. The Kier molecular flexibility index (Phi) is 2.78. The SMILES string of the molecule is COc1cccc2c1CC=C2C(C)CN. The van der Waals surface area contributed by atoms with Gasteiger partial charge in [-0.05, 0) is 36.1 Å². The van der Waals surface area contributed by atoms with Crippen molar-refractivity contribution in [1.29, 1.82) is 0 Å². The van der Waals surface area contributed by atoms with Crippen molar-refractivity contribution in [2.45, 2.75) is 13.3 Å². The molecule has 80 valence electrons. The molecule has 0 radical (unpaired) electrons. The minimum atomic E-state index is 0.429. The third-order valence-electron chi connectivity index (χ3n) is 3.07. The quantitative estimate of drug-likeness (QED) is 0.817. The van der Waals surface area contributed by atoms with E-state index < -0.39 is 0 Å². The monoisotopic (exact) mass is 203 g/mol. The smallest absolute Gasteiger partial charge is 0.122 e. The molecule has 1 aromatic carbocycles. The number of ether oxygens (including phenoxy) is 1. The molecule has 0 fully saturated rings. The summed E-state index contributed by atoms with van der Waals surface area (Å²) in [7, 11) is 1.72. The molecule has 1 atom stereocenters. The van der Waals surface area contributed by atoms with Gasteiger partial charge in [0.05, 0.1) is 7.11 Å². The third-order valence-corrected chi connectivity index (χ3v) is 3.07. The molecule has 1 aromatic rings. The third kappa shape index (κ3) is 1.65. The van der Waals surface area contributed by atoms with Crippen LogP contribution < -0.4 is 10.5 Å². The van der Waals surface area contributed by atoms with E-state index in [9.17, 15) is 0 Å². The molecule has 2 N–H and O–H groups in total. The molecule has 0 spiro atoms. The van der Waals surface area contributed by atoms with E-state index in [0.717, 1.165) is 12.2 Å². The summed E-state index contributed by atoms with van der Waals surface area (Å²) in [5, 5.41) is 0. The first-order chi connectivity index (χ1) is 7.27. The number of benzene rings is 1. The van der Waals surface area contributed by atoms with Gasteiger partial charge in [0.1, 0.15) is 5.75 Å². The van der Waals surface area contributed by atoms with Crippen LogP contribution >= 0.6 is 0 Å². The van der Waals surface area contributed by atoms with Crippen molar-refractivity contribution in [2.24, 2.45) is 11.7 Å². The molecule has 15 heavy (non-hydrogen) atoms. The van der Waals surface area contributed by atoms with Crippen LogP contribution in [0.2, 0.25) is 0 Å². The van der Waals surface area contributed by atoms with E-state index in [1.54, 1.807) is 7.11 Å². The molecular weight excluding hydrogens is 186 g/mol. The van der Waals surface area contributed by atoms with Crippen molar-refractivity contribution in [3.63, 3.8) is 0 Å². The van der Waals surface area contributed by atoms with Gasteiger partial charge in [-0.3, -0.25) is 0 Å². The van der Waals surface area contributed by atoms with Crippen LogP contribution in [0.3, 0.4) is 0 Å². The Hall–Kier alpha value is -1.28. The zero-order valence-corrected chi connectivity index (χ0v) is 9.29. The van der Waals surface area contributed by atoms with Crippen LogP contribution in [0.1, 0.15) is 18.1 Å². The second-order valence-electron chi connectivity index (χ2n) is 3.99. The number of methoxy groups -OCH3 is 1. The van der Waals surface area contributed by atoms with Crippen LogP contribution in [-0.2, 0) is 6.42 Å². The number of rotatable bonds is 3. The van der Waals surface area contributed by atoms with Gasteiger partial charge in [0.2, 0.25) is 0 Å². The van der Waals surface area contributed by atoms with Gasteiger partial charge >= 0.3 is 0 Å². The van der Waals surface area contributed by atoms with Crippen molar-refractivity contribution < 1.29 is 4.74 Å². The summed E-state index contributed by atoms with van der Waals surface area (Å²) in [5.41, 5.74) is 9.69. The predicted molar refractivity (Wildman–Crippen MR) is 62.9 cm³/mol. The lowest BCUT2D eigenvalue weighted by atomic mass is 9.95. The molecule has 2 nitrogen and oxygen atoms in total. The van der Waals surface area contributed by atoms with Crippen LogP contribution in [0.25, 0.3) is 5.57 Å². The molecule has 0 bridgehead atoms. The lowest BCUT2D eigenvalue weighted by Crippen LogP contribution is -2.11.